The summed E-state index contributed by atoms with van der Waals surface area (Å²) in [4.78, 5) is 14.7. The van der Waals surface area contributed by atoms with Gasteiger partial charge in [0.1, 0.15) is 12.2 Å². The van der Waals surface area contributed by atoms with E-state index in [4.69, 9.17) is 5.11 Å². The molecule has 0 spiro atoms. The van der Waals surface area contributed by atoms with Crippen LogP contribution in [0.5, 0.6) is 0 Å². The van der Waals surface area contributed by atoms with E-state index in [-0.39, 0.29) is 6.42 Å². The van der Waals surface area contributed by atoms with Crippen LogP contribution in [-0.2, 0) is 11.2 Å². The lowest BCUT2D eigenvalue weighted by molar-refractivity contribution is -0.133. The Morgan fingerprint density at radius 2 is 2.00 bits per heavy atom. The molecule has 0 radical (unpaired) electrons. The summed E-state index contributed by atoms with van der Waals surface area (Å²) in [6, 6.07) is 7.52. The molecule has 2 atom stereocenters. The highest BCUT2D eigenvalue weighted by molar-refractivity contribution is 5.91. The monoisotopic (exact) mass is 249 g/mol. The zero-order valence-electron chi connectivity index (χ0n) is 9.71. The van der Waals surface area contributed by atoms with Crippen molar-refractivity contribution in [2.24, 2.45) is 0 Å². The number of H-pyrrole nitrogens is 1. The van der Waals surface area contributed by atoms with Gasteiger partial charge in [0.2, 0.25) is 0 Å². The summed E-state index contributed by atoms with van der Waals surface area (Å²) in [7, 11) is 0. The first-order valence-electron chi connectivity index (χ1n) is 5.68. The molecule has 2 unspecified atom stereocenters. The van der Waals surface area contributed by atoms with Crippen molar-refractivity contribution in [1.82, 2.24) is 4.98 Å². The van der Waals surface area contributed by atoms with Crippen LogP contribution in [0.4, 0.5) is 0 Å². The quantitative estimate of drug-likeness (QED) is 0.599. The van der Waals surface area contributed by atoms with E-state index in [0.717, 1.165) is 16.5 Å². The van der Waals surface area contributed by atoms with E-state index in [0.29, 0.717) is 0 Å². The Balaban J connectivity index is 2.16. The Morgan fingerprint density at radius 1 is 1.28 bits per heavy atom. The summed E-state index contributed by atoms with van der Waals surface area (Å²) in [5.74, 6) is -0.513. The molecule has 96 valence electrons. The van der Waals surface area contributed by atoms with E-state index < -0.39 is 24.6 Å². The lowest BCUT2D eigenvalue weighted by Crippen LogP contribution is -2.37. The van der Waals surface area contributed by atoms with Gasteiger partial charge in [0.15, 0.2) is 5.78 Å². The zero-order chi connectivity index (χ0) is 13.1. The summed E-state index contributed by atoms with van der Waals surface area (Å²) in [5.41, 5.74) is 1.68. The maximum atomic E-state index is 11.7. The van der Waals surface area contributed by atoms with Crippen LogP contribution in [0.2, 0.25) is 0 Å². The zero-order valence-corrected chi connectivity index (χ0v) is 9.71. The molecular formula is C13H15NO4. The Bertz CT molecular complexity index is 549. The minimum atomic E-state index is -1.55. The van der Waals surface area contributed by atoms with Gasteiger partial charge in [-0.1, -0.05) is 18.2 Å². The van der Waals surface area contributed by atoms with Crippen LogP contribution in [-0.4, -0.2) is 44.9 Å². The third kappa shape index (κ3) is 2.43. The van der Waals surface area contributed by atoms with Gasteiger partial charge in [-0.15, -0.1) is 0 Å². The number of aliphatic hydroxyl groups is 3. The number of hydrogen-bond acceptors (Lipinski definition) is 4. The predicted octanol–water partition coefficient (Wildman–Crippen LogP) is -0.00640. The predicted molar refractivity (Wildman–Crippen MR) is 66.1 cm³/mol. The second-order valence-electron chi connectivity index (χ2n) is 4.20. The van der Waals surface area contributed by atoms with Crippen molar-refractivity contribution in [3.05, 3.63) is 36.0 Å². The summed E-state index contributed by atoms with van der Waals surface area (Å²) in [5, 5.41) is 28.3. The molecule has 0 saturated heterocycles. The number of aromatic nitrogens is 1. The van der Waals surface area contributed by atoms with Crippen LogP contribution >= 0.6 is 0 Å². The topological polar surface area (TPSA) is 93.6 Å². The highest BCUT2D eigenvalue weighted by Crippen LogP contribution is 2.18. The number of nitrogens with one attached hydrogen (secondary N) is 1. The fourth-order valence-corrected chi connectivity index (χ4v) is 1.88. The first-order chi connectivity index (χ1) is 8.63. The number of hydrogen-bond donors (Lipinski definition) is 4. The molecule has 1 aromatic carbocycles. The van der Waals surface area contributed by atoms with Gasteiger partial charge in [0, 0.05) is 23.5 Å². The molecule has 2 aromatic rings. The van der Waals surface area contributed by atoms with E-state index in [1.807, 2.05) is 24.3 Å². The van der Waals surface area contributed by atoms with E-state index in [9.17, 15) is 15.0 Å². The Labute approximate surface area is 104 Å². The molecule has 0 aliphatic heterocycles. The first kappa shape index (κ1) is 12.8. The SMILES string of the molecule is O=C(Cc1c[nH]c2ccccc12)C(O)C(O)CO. The molecular weight excluding hydrogens is 234 g/mol. The molecule has 1 aromatic heterocycles. The summed E-state index contributed by atoms with van der Waals surface area (Å²) in [6.07, 6.45) is -1.26. The fraction of sp³-hybridized carbons (Fsp3) is 0.308. The summed E-state index contributed by atoms with van der Waals surface area (Å²) >= 11 is 0. The van der Waals surface area contributed by atoms with Crippen LogP contribution < -0.4 is 0 Å². The lowest BCUT2D eigenvalue weighted by Gasteiger charge is -2.13. The van der Waals surface area contributed by atoms with Gasteiger partial charge in [-0.3, -0.25) is 4.79 Å². The number of carbonyl (C=O) groups excluding carboxylic acids is 1. The maximum absolute atomic E-state index is 11.7. The molecule has 18 heavy (non-hydrogen) atoms. The van der Waals surface area contributed by atoms with E-state index in [1.165, 1.54) is 0 Å². The Kier molecular flexibility index (Phi) is 3.76. The molecule has 5 nitrogen and oxygen atoms in total. The third-order valence-corrected chi connectivity index (χ3v) is 2.92. The molecule has 1 heterocycles. The van der Waals surface area contributed by atoms with Crippen molar-refractivity contribution < 1.29 is 20.1 Å². The normalized spacial score (nSPS) is 14.6. The number of aliphatic hydroxyl groups excluding tert-OH is 3. The van der Waals surface area contributed by atoms with E-state index in [2.05, 4.69) is 4.98 Å². The van der Waals surface area contributed by atoms with Gasteiger partial charge < -0.3 is 20.3 Å². The van der Waals surface area contributed by atoms with Gasteiger partial charge in [-0.05, 0) is 11.6 Å². The number of Topliss-reactive ketones (excluding diaryl/α,β-unsaturated/α-hetero) is 1. The second-order valence-corrected chi connectivity index (χ2v) is 4.20. The molecule has 0 aliphatic carbocycles. The Morgan fingerprint density at radius 3 is 2.72 bits per heavy atom. The van der Waals surface area contributed by atoms with Crippen LogP contribution in [0.15, 0.2) is 30.5 Å². The summed E-state index contributed by atoms with van der Waals surface area (Å²) in [6.45, 7) is -0.638. The van der Waals surface area contributed by atoms with Crippen molar-refractivity contribution in [2.45, 2.75) is 18.6 Å². The van der Waals surface area contributed by atoms with E-state index >= 15 is 0 Å². The van der Waals surface area contributed by atoms with Crippen LogP contribution in [0.1, 0.15) is 5.56 Å². The Hall–Kier alpha value is -1.69. The van der Waals surface area contributed by atoms with Gasteiger partial charge in [-0.25, -0.2) is 0 Å². The number of ketones is 1. The fourth-order valence-electron chi connectivity index (χ4n) is 1.88. The van der Waals surface area contributed by atoms with Crippen molar-refractivity contribution in [2.75, 3.05) is 6.61 Å². The molecule has 0 amide bonds. The highest BCUT2D eigenvalue weighted by Gasteiger charge is 2.24. The first-order valence-corrected chi connectivity index (χ1v) is 5.68. The van der Waals surface area contributed by atoms with Crippen LogP contribution in [0, 0.1) is 0 Å². The molecule has 0 bridgehead atoms. The number of aromatic amines is 1. The van der Waals surface area contributed by atoms with Crippen molar-refractivity contribution in [1.29, 1.82) is 0 Å². The van der Waals surface area contributed by atoms with Crippen molar-refractivity contribution in [3.8, 4) is 0 Å². The average Bonchev–Trinajstić information content (AvgIpc) is 2.80. The summed E-state index contributed by atoms with van der Waals surface area (Å²) < 4.78 is 0. The minimum absolute atomic E-state index is 0.0161. The number of benzene rings is 1. The lowest BCUT2D eigenvalue weighted by atomic mass is 10.0. The molecule has 0 saturated carbocycles. The minimum Gasteiger partial charge on any atom is -0.394 e. The smallest absolute Gasteiger partial charge is 0.168 e. The molecule has 5 heteroatoms. The maximum Gasteiger partial charge on any atom is 0.168 e. The second kappa shape index (κ2) is 5.30. The van der Waals surface area contributed by atoms with Crippen molar-refractivity contribution >= 4 is 16.7 Å². The van der Waals surface area contributed by atoms with Gasteiger partial charge in [0.25, 0.3) is 0 Å². The number of rotatable bonds is 5. The third-order valence-electron chi connectivity index (χ3n) is 2.92. The van der Waals surface area contributed by atoms with Crippen LogP contribution in [0.25, 0.3) is 10.9 Å². The van der Waals surface area contributed by atoms with E-state index in [1.54, 1.807) is 6.20 Å². The molecule has 0 fully saturated rings. The largest absolute Gasteiger partial charge is 0.394 e. The number of fused-ring (bicyclic) bond motifs is 1. The number of carbonyl (C=O) groups is 1. The molecule has 0 aliphatic rings. The van der Waals surface area contributed by atoms with Crippen LogP contribution in [0.3, 0.4) is 0 Å². The molecule has 4 N–H and O–H groups in total. The van der Waals surface area contributed by atoms with Gasteiger partial charge in [0.05, 0.1) is 6.61 Å². The standard InChI is InChI=1S/C13H15NO4/c15-7-12(17)13(18)11(16)5-8-6-14-10-4-2-1-3-9(8)10/h1-4,6,12-15,17-18H,5,7H2. The number of para-hydroxylation sites is 1. The molecule has 2 rings (SSSR count). The van der Waals surface area contributed by atoms with Gasteiger partial charge >= 0.3 is 0 Å². The highest BCUT2D eigenvalue weighted by atomic mass is 16.4. The van der Waals surface area contributed by atoms with Gasteiger partial charge in [-0.2, -0.15) is 0 Å². The van der Waals surface area contributed by atoms with Crippen molar-refractivity contribution in [3.63, 3.8) is 0 Å². The average molecular weight is 249 g/mol.